The molecular formula is C9H12N5+. The fraction of sp³-hybridized carbons (Fsp3) is 0.444. The quantitative estimate of drug-likeness (QED) is 0.648. The summed E-state index contributed by atoms with van der Waals surface area (Å²) in [5.41, 5.74) is 1.99. The monoisotopic (exact) mass is 190 g/mol. The summed E-state index contributed by atoms with van der Waals surface area (Å²) in [7, 11) is 0. The molecule has 0 saturated carbocycles. The second-order valence-corrected chi connectivity index (χ2v) is 3.54. The minimum Gasteiger partial charge on any atom is -0.362 e. The fourth-order valence-electron chi connectivity index (χ4n) is 2.00. The van der Waals surface area contributed by atoms with Crippen molar-refractivity contribution in [1.82, 2.24) is 15.0 Å². The third-order valence-electron chi connectivity index (χ3n) is 2.79. The molecule has 5 nitrogen and oxygen atoms in total. The number of hydrogen-bond acceptors (Lipinski definition) is 3. The first kappa shape index (κ1) is 7.73. The summed E-state index contributed by atoms with van der Waals surface area (Å²) in [6.45, 7) is 3.13. The van der Waals surface area contributed by atoms with E-state index in [1.165, 1.54) is 0 Å². The van der Waals surface area contributed by atoms with Crippen LogP contribution in [0.15, 0.2) is 12.7 Å². The number of aromatic nitrogens is 4. The molecule has 72 valence electrons. The van der Waals surface area contributed by atoms with Crippen molar-refractivity contribution in [3.05, 3.63) is 12.7 Å². The number of aromatic amines is 1. The molecule has 0 aliphatic carbocycles. The zero-order valence-corrected chi connectivity index (χ0v) is 7.99. The van der Waals surface area contributed by atoms with Crippen LogP contribution in [0, 0.1) is 0 Å². The lowest BCUT2D eigenvalue weighted by Gasteiger charge is -2.18. The number of hydrogen-bond donors (Lipinski definition) is 2. The van der Waals surface area contributed by atoms with Crippen LogP contribution in [0.4, 0.5) is 5.82 Å². The number of anilines is 1. The minimum absolute atomic E-state index is 0.502. The Kier molecular flexibility index (Phi) is 1.47. The number of imidazole rings is 1. The average molecular weight is 190 g/mol. The lowest BCUT2D eigenvalue weighted by molar-refractivity contribution is -0.697. The van der Waals surface area contributed by atoms with Crippen LogP contribution in [0.2, 0.25) is 0 Å². The maximum absolute atomic E-state index is 4.22. The summed E-state index contributed by atoms with van der Waals surface area (Å²) >= 11 is 0. The van der Waals surface area contributed by atoms with Crippen molar-refractivity contribution in [3.8, 4) is 0 Å². The summed E-state index contributed by atoms with van der Waals surface area (Å²) < 4.78 is 2.22. The highest BCUT2D eigenvalue weighted by atomic mass is 15.2. The van der Waals surface area contributed by atoms with E-state index in [9.17, 15) is 0 Å². The molecule has 5 heteroatoms. The van der Waals surface area contributed by atoms with Gasteiger partial charge in [-0.15, -0.1) is 0 Å². The smallest absolute Gasteiger partial charge is 0.271 e. The second-order valence-electron chi connectivity index (χ2n) is 3.54. The van der Waals surface area contributed by atoms with E-state index in [0.29, 0.717) is 6.04 Å². The van der Waals surface area contributed by atoms with Crippen LogP contribution >= 0.6 is 0 Å². The van der Waals surface area contributed by atoms with Crippen molar-refractivity contribution in [2.75, 3.05) is 11.9 Å². The van der Waals surface area contributed by atoms with Gasteiger partial charge in [0, 0.05) is 0 Å². The van der Waals surface area contributed by atoms with E-state index in [2.05, 4.69) is 31.8 Å². The molecule has 1 aliphatic rings. The third-order valence-corrected chi connectivity index (χ3v) is 2.79. The predicted octanol–water partition coefficient (Wildman–Crippen LogP) is 0.622. The van der Waals surface area contributed by atoms with Gasteiger partial charge in [-0.1, -0.05) is 6.92 Å². The van der Waals surface area contributed by atoms with Gasteiger partial charge < -0.3 is 5.32 Å². The molecule has 3 rings (SSSR count). The highest BCUT2D eigenvalue weighted by Gasteiger charge is 2.27. The molecule has 1 atom stereocenters. The van der Waals surface area contributed by atoms with Crippen LogP contribution in [0.1, 0.15) is 19.4 Å². The zero-order chi connectivity index (χ0) is 9.54. The molecule has 0 fully saturated rings. The van der Waals surface area contributed by atoms with Crippen molar-refractivity contribution in [2.24, 2.45) is 0 Å². The van der Waals surface area contributed by atoms with Gasteiger partial charge >= 0.3 is 0 Å². The third kappa shape index (κ3) is 0.865. The van der Waals surface area contributed by atoms with Gasteiger partial charge in [0.05, 0.1) is 6.54 Å². The Morgan fingerprint density at radius 1 is 1.57 bits per heavy atom. The lowest BCUT2D eigenvalue weighted by atomic mass is 10.2. The van der Waals surface area contributed by atoms with Crippen molar-refractivity contribution in [3.63, 3.8) is 0 Å². The van der Waals surface area contributed by atoms with Gasteiger partial charge in [0.25, 0.3) is 5.65 Å². The fourth-order valence-corrected chi connectivity index (χ4v) is 2.00. The Labute approximate surface area is 81.2 Å². The molecule has 14 heavy (non-hydrogen) atoms. The van der Waals surface area contributed by atoms with E-state index in [4.69, 9.17) is 0 Å². The first-order valence-electron chi connectivity index (χ1n) is 4.87. The van der Waals surface area contributed by atoms with Gasteiger partial charge in [-0.2, -0.15) is 4.98 Å². The van der Waals surface area contributed by atoms with Crippen LogP contribution in [0.3, 0.4) is 0 Å². The largest absolute Gasteiger partial charge is 0.362 e. The van der Waals surface area contributed by atoms with Crippen LogP contribution in [0.25, 0.3) is 11.2 Å². The highest BCUT2D eigenvalue weighted by molar-refractivity contribution is 5.79. The normalized spacial score (nSPS) is 19.6. The molecule has 1 aliphatic heterocycles. The van der Waals surface area contributed by atoms with Crippen molar-refractivity contribution >= 4 is 17.0 Å². The number of nitrogens with one attached hydrogen (secondary N) is 2. The van der Waals surface area contributed by atoms with E-state index in [0.717, 1.165) is 29.9 Å². The summed E-state index contributed by atoms with van der Waals surface area (Å²) in [5.74, 6) is 0.931. The number of nitrogens with zero attached hydrogens (tertiary/aromatic N) is 3. The number of H-pyrrole nitrogens is 1. The van der Waals surface area contributed by atoms with Crippen LogP contribution < -0.4 is 9.88 Å². The summed E-state index contributed by atoms with van der Waals surface area (Å²) in [6.07, 6.45) is 4.68. The lowest BCUT2D eigenvalue weighted by Crippen LogP contribution is -2.45. The maximum Gasteiger partial charge on any atom is 0.271 e. The Morgan fingerprint density at radius 3 is 3.36 bits per heavy atom. The predicted molar refractivity (Wildman–Crippen MR) is 51.9 cm³/mol. The molecule has 2 aromatic rings. The SMILES string of the molecule is CCC1CNc2ncnc3[nH]c[n+]1c23. The van der Waals surface area contributed by atoms with Crippen LogP contribution in [-0.2, 0) is 0 Å². The standard InChI is InChI=1S/C9H11N5/c1-2-6-3-10-8-7-9(12-4-11-8)13-5-14(6)7/h4-6H,2-3H2,1H3,(H,10,11,12)/p+1. The van der Waals surface area contributed by atoms with Crippen molar-refractivity contribution in [2.45, 2.75) is 19.4 Å². The van der Waals surface area contributed by atoms with Gasteiger partial charge in [-0.3, -0.25) is 0 Å². The van der Waals surface area contributed by atoms with Crippen LogP contribution in [0.5, 0.6) is 0 Å². The van der Waals surface area contributed by atoms with E-state index < -0.39 is 0 Å². The summed E-state index contributed by atoms with van der Waals surface area (Å²) in [4.78, 5) is 11.6. The van der Waals surface area contributed by atoms with E-state index in [1.54, 1.807) is 6.33 Å². The summed E-state index contributed by atoms with van der Waals surface area (Å²) in [5, 5.41) is 3.32. The molecule has 1 unspecified atom stereocenters. The van der Waals surface area contributed by atoms with Crippen molar-refractivity contribution < 1.29 is 4.57 Å². The summed E-state index contributed by atoms with van der Waals surface area (Å²) in [6, 6.07) is 0.502. The van der Waals surface area contributed by atoms with E-state index in [1.807, 2.05) is 6.33 Å². The van der Waals surface area contributed by atoms with E-state index >= 15 is 0 Å². The molecule has 2 aromatic heterocycles. The molecule has 0 bridgehead atoms. The topological polar surface area (TPSA) is 57.5 Å². The molecule has 0 saturated heterocycles. The minimum atomic E-state index is 0.502. The van der Waals surface area contributed by atoms with Gasteiger partial charge in [0.2, 0.25) is 11.8 Å². The Bertz CT molecular complexity index is 475. The van der Waals surface area contributed by atoms with Crippen LogP contribution in [-0.4, -0.2) is 21.5 Å². The Hall–Kier alpha value is -1.65. The van der Waals surface area contributed by atoms with Crippen molar-refractivity contribution in [1.29, 1.82) is 0 Å². The average Bonchev–Trinajstić information content (AvgIpc) is 2.66. The molecule has 2 N–H and O–H groups in total. The Balaban J connectivity index is 2.33. The maximum atomic E-state index is 4.22. The molecule has 0 amide bonds. The van der Waals surface area contributed by atoms with Gasteiger partial charge in [-0.25, -0.2) is 14.5 Å². The zero-order valence-electron chi connectivity index (χ0n) is 7.99. The molecule has 3 heterocycles. The molecule has 0 spiro atoms. The molecule has 0 aromatic carbocycles. The highest BCUT2D eigenvalue weighted by Crippen LogP contribution is 2.20. The molecular weight excluding hydrogens is 178 g/mol. The first-order valence-corrected chi connectivity index (χ1v) is 4.87. The number of rotatable bonds is 1. The second kappa shape index (κ2) is 2.67. The van der Waals surface area contributed by atoms with Gasteiger partial charge in [-0.05, 0) is 6.42 Å². The van der Waals surface area contributed by atoms with Gasteiger partial charge in [0.15, 0.2) is 5.82 Å². The molecule has 0 radical (unpaired) electrons. The first-order chi connectivity index (χ1) is 6.90. The van der Waals surface area contributed by atoms with E-state index in [-0.39, 0.29) is 0 Å². The Morgan fingerprint density at radius 2 is 2.50 bits per heavy atom. The van der Waals surface area contributed by atoms with Gasteiger partial charge in [0.1, 0.15) is 12.4 Å².